The van der Waals surface area contributed by atoms with Gasteiger partial charge in [-0.1, -0.05) is 34.1 Å². The van der Waals surface area contributed by atoms with Crippen LogP contribution in [0.25, 0.3) is 0 Å². The lowest BCUT2D eigenvalue weighted by atomic mass is 9.94. The number of rotatable bonds is 5. The molecular formula is C19H21BrO2. The highest BCUT2D eigenvalue weighted by Crippen LogP contribution is 2.32. The normalized spacial score (nSPS) is 17.1. The number of benzene rings is 2. The monoisotopic (exact) mass is 360 g/mol. The third kappa shape index (κ3) is 3.71. The van der Waals surface area contributed by atoms with E-state index in [1.54, 1.807) is 0 Å². The predicted molar refractivity (Wildman–Crippen MR) is 92.5 cm³/mol. The Morgan fingerprint density at radius 3 is 2.77 bits per heavy atom. The van der Waals surface area contributed by atoms with Crippen LogP contribution in [0.5, 0.6) is 5.75 Å². The van der Waals surface area contributed by atoms with Gasteiger partial charge in [0.1, 0.15) is 5.75 Å². The summed E-state index contributed by atoms with van der Waals surface area (Å²) in [6.45, 7) is 3.53. The van der Waals surface area contributed by atoms with Crippen molar-refractivity contribution in [3.05, 3.63) is 63.6 Å². The van der Waals surface area contributed by atoms with Gasteiger partial charge >= 0.3 is 0 Å². The zero-order valence-electron chi connectivity index (χ0n) is 12.8. The van der Waals surface area contributed by atoms with E-state index in [1.807, 2.05) is 19.1 Å². The SMILES string of the molecule is CCOc1ccc(CCC2OCCc3cc(Br)ccc32)cc1. The van der Waals surface area contributed by atoms with Crippen LogP contribution in [0, 0.1) is 0 Å². The Labute approximate surface area is 140 Å². The Balaban J connectivity index is 1.65. The van der Waals surface area contributed by atoms with E-state index in [2.05, 4.69) is 46.3 Å². The molecule has 3 heteroatoms. The van der Waals surface area contributed by atoms with Crippen LogP contribution in [0.2, 0.25) is 0 Å². The topological polar surface area (TPSA) is 18.5 Å². The lowest BCUT2D eigenvalue weighted by Crippen LogP contribution is -2.17. The van der Waals surface area contributed by atoms with Crippen LogP contribution in [0.3, 0.4) is 0 Å². The number of hydrogen-bond acceptors (Lipinski definition) is 2. The van der Waals surface area contributed by atoms with E-state index in [4.69, 9.17) is 9.47 Å². The second-order valence-electron chi connectivity index (χ2n) is 5.57. The molecule has 0 amide bonds. The van der Waals surface area contributed by atoms with Gasteiger partial charge in [-0.2, -0.15) is 0 Å². The molecule has 0 fully saturated rings. The van der Waals surface area contributed by atoms with Crippen molar-refractivity contribution in [2.75, 3.05) is 13.2 Å². The second kappa shape index (κ2) is 7.30. The molecule has 22 heavy (non-hydrogen) atoms. The van der Waals surface area contributed by atoms with Crippen LogP contribution in [-0.4, -0.2) is 13.2 Å². The molecule has 0 aliphatic carbocycles. The first kappa shape index (κ1) is 15.6. The van der Waals surface area contributed by atoms with Gasteiger partial charge in [0.25, 0.3) is 0 Å². The van der Waals surface area contributed by atoms with Gasteiger partial charge in [0, 0.05) is 4.47 Å². The molecule has 0 aromatic heterocycles. The van der Waals surface area contributed by atoms with E-state index < -0.39 is 0 Å². The third-order valence-corrected chi connectivity index (χ3v) is 4.57. The smallest absolute Gasteiger partial charge is 0.119 e. The Morgan fingerprint density at radius 1 is 1.18 bits per heavy atom. The van der Waals surface area contributed by atoms with E-state index in [9.17, 15) is 0 Å². The second-order valence-corrected chi connectivity index (χ2v) is 6.48. The van der Waals surface area contributed by atoms with Gasteiger partial charge in [-0.25, -0.2) is 0 Å². The quantitative estimate of drug-likeness (QED) is 0.738. The van der Waals surface area contributed by atoms with Gasteiger partial charge < -0.3 is 9.47 Å². The van der Waals surface area contributed by atoms with Gasteiger partial charge in [-0.3, -0.25) is 0 Å². The molecule has 2 aromatic rings. The Kier molecular flexibility index (Phi) is 5.16. The minimum absolute atomic E-state index is 0.211. The van der Waals surface area contributed by atoms with Gasteiger partial charge in [0.15, 0.2) is 0 Å². The fourth-order valence-electron chi connectivity index (χ4n) is 2.96. The van der Waals surface area contributed by atoms with Crippen molar-refractivity contribution in [3.8, 4) is 5.75 Å². The van der Waals surface area contributed by atoms with Crippen molar-refractivity contribution in [2.24, 2.45) is 0 Å². The molecule has 0 bridgehead atoms. The average molecular weight is 361 g/mol. The molecule has 0 saturated carbocycles. The molecule has 0 N–H and O–H groups in total. The summed E-state index contributed by atoms with van der Waals surface area (Å²) in [6.07, 6.45) is 3.26. The van der Waals surface area contributed by atoms with E-state index in [0.717, 1.165) is 36.1 Å². The minimum Gasteiger partial charge on any atom is -0.494 e. The van der Waals surface area contributed by atoms with Crippen LogP contribution in [0.15, 0.2) is 46.9 Å². The summed E-state index contributed by atoms with van der Waals surface area (Å²) in [6, 6.07) is 14.9. The molecule has 1 heterocycles. The molecule has 1 aliphatic heterocycles. The number of aryl methyl sites for hydroxylation is 1. The van der Waals surface area contributed by atoms with Crippen molar-refractivity contribution in [3.63, 3.8) is 0 Å². The molecule has 0 saturated heterocycles. The van der Waals surface area contributed by atoms with E-state index in [-0.39, 0.29) is 6.10 Å². The molecule has 0 spiro atoms. The molecule has 1 atom stereocenters. The first-order chi connectivity index (χ1) is 10.8. The number of halogens is 1. The summed E-state index contributed by atoms with van der Waals surface area (Å²) in [4.78, 5) is 0. The molecule has 1 unspecified atom stereocenters. The molecule has 116 valence electrons. The largest absolute Gasteiger partial charge is 0.494 e. The Bertz CT molecular complexity index is 622. The third-order valence-electron chi connectivity index (χ3n) is 4.07. The first-order valence-corrected chi connectivity index (χ1v) is 8.67. The highest BCUT2D eigenvalue weighted by molar-refractivity contribution is 9.10. The van der Waals surface area contributed by atoms with Gasteiger partial charge in [-0.15, -0.1) is 0 Å². The molecule has 1 aliphatic rings. The fourth-order valence-corrected chi connectivity index (χ4v) is 3.37. The molecule has 2 nitrogen and oxygen atoms in total. The highest BCUT2D eigenvalue weighted by atomic mass is 79.9. The summed E-state index contributed by atoms with van der Waals surface area (Å²) in [5, 5.41) is 0. The maximum atomic E-state index is 5.99. The number of hydrogen-bond donors (Lipinski definition) is 0. The molecule has 2 aromatic carbocycles. The summed E-state index contributed by atoms with van der Waals surface area (Å²) >= 11 is 3.55. The predicted octanol–water partition coefficient (Wildman–Crippen LogP) is 5.09. The maximum Gasteiger partial charge on any atom is 0.119 e. The van der Waals surface area contributed by atoms with Gasteiger partial charge in [0.2, 0.25) is 0 Å². The van der Waals surface area contributed by atoms with E-state index in [1.165, 1.54) is 16.7 Å². The van der Waals surface area contributed by atoms with Crippen LogP contribution in [-0.2, 0) is 17.6 Å². The minimum atomic E-state index is 0.211. The Morgan fingerprint density at radius 2 is 2.00 bits per heavy atom. The van der Waals surface area contributed by atoms with Crippen molar-refractivity contribution >= 4 is 15.9 Å². The van der Waals surface area contributed by atoms with Crippen molar-refractivity contribution in [1.82, 2.24) is 0 Å². The van der Waals surface area contributed by atoms with E-state index >= 15 is 0 Å². The molecule has 0 radical (unpaired) electrons. The summed E-state index contributed by atoms with van der Waals surface area (Å²) in [5.41, 5.74) is 4.09. The molecular weight excluding hydrogens is 340 g/mol. The van der Waals surface area contributed by atoms with Crippen molar-refractivity contribution in [2.45, 2.75) is 32.3 Å². The standard InChI is InChI=1S/C19H21BrO2/c1-2-21-17-7-3-14(4-8-17)5-10-19-18-9-6-16(20)13-15(18)11-12-22-19/h3-4,6-9,13,19H,2,5,10-12H2,1H3. The fraction of sp³-hybridized carbons (Fsp3) is 0.368. The average Bonchev–Trinajstić information content (AvgIpc) is 2.54. The first-order valence-electron chi connectivity index (χ1n) is 7.88. The summed E-state index contributed by atoms with van der Waals surface area (Å²) in [5.74, 6) is 0.940. The zero-order valence-corrected chi connectivity index (χ0v) is 14.4. The highest BCUT2D eigenvalue weighted by Gasteiger charge is 2.20. The van der Waals surface area contributed by atoms with E-state index in [0.29, 0.717) is 6.61 Å². The van der Waals surface area contributed by atoms with Crippen LogP contribution >= 0.6 is 15.9 Å². The van der Waals surface area contributed by atoms with Crippen LogP contribution < -0.4 is 4.74 Å². The van der Waals surface area contributed by atoms with Crippen molar-refractivity contribution < 1.29 is 9.47 Å². The molecule has 3 rings (SSSR count). The van der Waals surface area contributed by atoms with Crippen molar-refractivity contribution in [1.29, 1.82) is 0 Å². The lowest BCUT2D eigenvalue weighted by Gasteiger charge is -2.26. The number of fused-ring (bicyclic) bond motifs is 1. The van der Waals surface area contributed by atoms with Gasteiger partial charge in [0.05, 0.1) is 19.3 Å². The zero-order chi connectivity index (χ0) is 15.4. The van der Waals surface area contributed by atoms with Crippen LogP contribution in [0.1, 0.15) is 36.1 Å². The van der Waals surface area contributed by atoms with Crippen LogP contribution in [0.4, 0.5) is 0 Å². The summed E-state index contributed by atoms with van der Waals surface area (Å²) < 4.78 is 12.6. The maximum absolute atomic E-state index is 5.99. The van der Waals surface area contributed by atoms with Gasteiger partial charge in [-0.05, 0) is 67.1 Å². The Hall–Kier alpha value is -1.32. The number of ether oxygens (including phenoxy) is 2. The summed E-state index contributed by atoms with van der Waals surface area (Å²) in [7, 11) is 0. The lowest BCUT2D eigenvalue weighted by molar-refractivity contribution is 0.0367.